The van der Waals surface area contributed by atoms with Crippen molar-refractivity contribution in [3.63, 3.8) is 0 Å². The summed E-state index contributed by atoms with van der Waals surface area (Å²) in [5, 5.41) is 12.3. The van der Waals surface area contributed by atoms with Crippen molar-refractivity contribution in [1.82, 2.24) is 5.32 Å². The summed E-state index contributed by atoms with van der Waals surface area (Å²) in [5.74, 6) is -0.330. The van der Waals surface area contributed by atoms with E-state index in [0.717, 1.165) is 12.1 Å². The van der Waals surface area contributed by atoms with Crippen molar-refractivity contribution in [3.05, 3.63) is 30.3 Å². The number of rotatable bonds is 6. The van der Waals surface area contributed by atoms with E-state index in [0.29, 0.717) is 6.54 Å². The zero-order valence-electron chi connectivity index (χ0n) is 13.2. The second kappa shape index (κ2) is 7.40. The van der Waals surface area contributed by atoms with Crippen molar-refractivity contribution >= 4 is 17.5 Å². The summed E-state index contributed by atoms with van der Waals surface area (Å²) in [6.07, 6.45) is 1.10. The molecule has 5 heteroatoms. The highest BCUT2D eigenvalue weighted by Crippen LogP contribution is 2.25. The smallest absolute Gasteiger partial charge is 0.227 e. The molecule has 1 heterocycles. The van der Waals surface area contributed by atoms with E-state index in [1.807, 2.05) is 44.2 Å². The molecule has 22 heavy (non-hydrogen) atoms. The van der Waals surface area contributed by atoms with Crippen LogP contribution in [-0.2, 0) is 9.59 Å². The Bertz CT molecular complexity index is 518. The zero-order valence-corrected chi connectivity index (χ0v) is 13.2. The van der Waals surface area contributed by atoms with E-state index in [2.05, 4.69) is 5.32 Å². The van der Waals surface area contributed by atoms with E-state index in [1.54, 1.807) is 4.90 Å². The fourth-order valence-electron chi connectivity index (χ4n) is 2.69. The summed E-state index contributed by atoms with van der Waals surface area (Å²) in [6.45, 7) is 4.34. The van der Waals surface area contributed by atoms with Crippen molar-refractivity contribution in [3.8, 4) is 0 Å². The van der Waals surface area contributed by atoms with Crippen LogP contribution in [-0.4, -0.2) is 36.1 Å². The van der Waals surface area contributed by atoms with E-state index in [1.165, 1.54) is 0 Å². The molecule has 1 aliphatic rings. The maximum atomic E-state index is 12.4. The first-order valence-corrected chi connectivity index (χ1v) is 7.83. The normalized spacial score (nSPS) is 20.8. The molecule has 2 rings (SSSR count). The summed E-state index contributed by atoms with van der Waals surface area (Å²) in [7, 11) is 0. The molecular formula is C17H24N2O3. The molecule has 0 radical (unpaired) electrons. The summed E-state index contributed by atoms with van der Waals surface area (Å²) in [5.41, 5.74) is 0.823. The van der Waals surface area contributed by atoms with Gasteiger partial charge in [0.15, 0.2) is 0 Å². The Hall–Kier alpha value is -1.88. The lowest BCUT2D eigenvalue weighted by atomic mass is 9.98. The molecule has 1 fully saturated rings. The Morgan fingerprint density at radius 2 is 2.09 bits per heavy atom. The minimum Gasteiger partial charge on any atom is -0.394 e. The summed E-state index contributed by atoms with van der Waals surface area (Å²) >= 11 is 0. The van der Waals surface area contributed by atoms with Crippen LogP contribution in [0.25, 0.3) is 0 Å². The fraction of sp³-hybridized carbons (Fsp3) is 0.529. The minimum absolute atomic E-state index is 0.0320. The average Bonchev–Trinajstić information content (AvgIpc) is 2.94. The van der Waals surface area contributed by atoms with Crippen molar-refractivity contribution in [2.75, 3.05) is 18.1 Å². The summed E-state index contributed by atoms with van der Waals surface area (Å²) in [6, 6.07) is 9.13. The Kier molecular flexibility index (Phi) is 5.55. The Morgan fingerprint density at radius 3 is 2.68 bits per heavy atom. The van der Waals surface area contributed by atoms with Crippen LogP contribution in [0.4, 0.5) is 5.69 Å². The number of para-hydroxylation sites is 1. The Labute approximate surface area is 131 Å². The Balaban J connectivity index is 1.99. The van der Waals surface area contributed by atoms with Crippen LogP contribution in [0.2, 0.25) is 0 Å². The fourth-order valence-corrected chi connectivity index (χ4v) is 2.69. The quantitative estimate of drug-likeness (QED) is 0.838. The highest BCUT2D eigenvalue weighted by Gasteiger charge is 2.36. The van der Waals surface area contributed by atoms with Crippen LogP contribution in [0.5, 0.6) is 0 Å². The van der Waals surface area contributed by atoms with Crippen LogP contribution in [0.3, 0.4) is 0 Å². The average molecular weight is 304 g/mol. The van der Waals surface area contributed by atoms with E-state index in [-0.39, 0.29) is 42.7 Å². The van der Waals surface area contributed by atoms with Gasteiger partial charge in [0.2, 0.25) is 11.8 Å². The van der Waals surface area contributed by atoms with Gasteiger partial charge in [0, 0.05) is 18.7 Å². The van der Waals surface area contributed by atoms with Gasteiger partial charge in [-0.05, 0) is 18.1 Å². The number of aliphatic hydroxyl groups is 1. The first-order chi connectivity index (χ1) is 10.6. The number of carbonyl (C=O) groups excluding carboxylic acids is 2. The van der Waals surface area contributed by atoms with Crippen LogP contribution in [0.1, 0.15) is 26.7 Å². The number of benzene rings is 1. The van der Waals surface area contributed by atoms with E-state index in [9.17, 15) is 14.7 Å². The molecule has 2 N–H and O–H groups in total. The number of anilines is 1. The molecule has 2 amide bonds. The minimum atomic E-state index is -0.356. The highest BCUT2D eigenvalue weighted by molar-refractivity contribution is 6.00. The molecule has 0 aliphatic carbocycles. The lowest BCUT2D eigenvalue weighted by Crippen LogP contribution is -2.45. The van der Waals surface area contributed by atoms with Crippen molar-refractivity contribution < 1.29 is 14.7 Å². The summed E-state index contributed by atoms with van der Waals surface area (Å²) in [4.78, 5) is 26.1. The summed E-state index contributed by atoms with van der Waals surface area (Å²) < 4.78 is 0. The number of carbonyl (C=O) groups is 2. The second-order valence-corrected chi connectivity index (χ2v) is 5.92. The number of aliphatic hydroxyl groups excluding tert-OH is 1. The number of hydrogen-bond donors (Lipinski definition) is 2. The van der Waals surface area contributed by atoms with Crippen LogP contribution < -0.4 is 10.2 Å². The first-order valence-electron chi connectivity index (χ1n) is 7.83. The molecule has 3 atom stereocenters. The Morgan fingerprint density at radius 1 is 1.41 bits per heavy atom. The van der Waals surface area contributed by atoms with Gasteiger partial charge in [-0.25, -0.2) is 0 Å². The molecule has 0 aromatic heterocycles. The molecule has 5 nitrogen and oxygen atoms in total. The predicted octanol–water partition coefficient (Wildman–Crippen LogP) is 1.56. The van der Waals surface area contributed by atoms with Crippen molar-refractivity contribution in [2.45, 2.75) is 32.7 Å². The lowest BCUT2D eigenvalue weighted by molar-refractivity contribution is -0.127. The molecule has 0 saturated carbocycles. The molecule has 0 spiro atoms. The zero-order chi connectivity index (χ0) is 16.1. The van der Waals surface area contributed by atoms with Crippen LogP contribution >= 0.6 is 0 Å². The maximum absolute atomic E-state index is 12.4. The maximum Gasteiger partial charge on any atom is 0.227 e. The van der Waals surface area contributed by atoms with E-state index >= 15 is 0 Å². The van der Waals surface area contributed by atoms with Crippen LogP contribution in [0, 0.1) is 11.8 Å². The van der Waals surface area contributed by atoms with Gasteiger partial charge in [-0.3, -0.25) is 9.59 Å². The largest absolute Gasteiger partial charge is 0.394 e. The monoisotopic (exact) mass is 304 g/mol. The van der Waals surface area contributed by atoms with Gasteiger partial charge < -0.3 is 15.3 Å². The molecule has 120 valence electrons. The van der Waals surface area contributed by atoms with Gasteiger partial charge in [-0.15, -0.1) is 0 Å². The van der Waals surface area contributed by atoms with E-state index in [4.69, 9.17) is 0 Å². The third kappa shape index (κ3) is 3.65. The highest BCUT2D eigenvalue weighted by atomic mass is 16.3. The number of amides is 2. The van der Waals surface area contributed by atoms with E-state index < -0.39 is 0 Å². The number of nitrogens with one attached hydrogen (secondary N) is 1. The van der Waals surface area contributed by atoms with Crippen molar-refractivity contribution in [2.24, 2.45) is 11.8 Å². The molecule has 1 saturated heterocycles. The van der Waals surface area contributed by atoms with Crippen LogP contribution in [0.15, 0.2) is 30.3 Å². The lowest BCUT2D eigenvalue weighted by Gasteiger charge is -2.24. The van der Waals surface area contributed by atoms with Gasteiger partial charge in [-0.1, -0.05) is 38.5 Å². The third-order valence-electron chi connectivity index (χ3n) is 4.42. The van der Waals surface area contributed by atoms with Crippen molar-refractivity contribution in [1.29, 1.82) is 0 Å². The van der Waals surface area contributed by atoms with Gasteiger partial charge >= 0.3 is 0 Å². The standard InChI is InChI=1S/C17H24N2O3/c1-3-12(2)15(11-20)18-17(22)13-9-16(21)19(10-13)14-7-5-4-6-8-14/h4-8,12-13,15,20H,3,9-11H2,1-2H3,(H,18,22). The van der Waals surface area contributed by atoms with Gasteiger partial charge in [0.1, 0.15) is 0 Å². The third-order valence-corrected chi connectivity index (χ3v) is 4.42. The predicted molar refractivity (Wildman–Crippen MR) is 85.4 cm³/mol. The molecular weight excluding hydrogens is 280 g/mol. The van der Waals surface area contributed by atoms with Gasteiger partial charge in [0.05, 0.1) is 18.6 Å². The van der Waals surface area contributed by atoms with Gasteiger partial charge in [0.25, 0.3) is 0 Å². The molecule has 1 aliphatic heterocycles. The molecule has 3 unspecified atom stereocenters. The SMILES string of the molecule is CCC(C)C(CO)NC(=O)C1CC(=O)N(c2ccccc2)C1. The number of nitrogens with zero attached hydrogens (tertiary/aromatic N) is 1. The topological polar surface area (TPSA) is 69.6 Å². The van der Waals surface area contributed by atoms with Gasteiger partial charge in [-0.2, -0.15) is 0 Å². The number of hydrogen-bond acceptors (Lipinski definition) is 3. The first kappa shape index (κ1) is 16.5. The second-order valence-electron chi connectivity index (χ2n) is 5.92. The molecule has 1 aromatic rings. The molecule has 0 bridgehead atoms. The molecule has 1 aromatic carbocycles.